The zero-order valence-corrected chi connectivity index (χ0v) is 21.8. The Bertz CT molecular complexity index is 1100. The molecule has 3 amide bonds. The second kappa shape index (κ2) is 12.9. The maximum Gasteiger partial charge on any atom is 0.262 e. The number of morpholine rings is 1. The number of benzene rings is 2. The Labute approximate surface area is 222 Å². The molecule has 2 aromatic carbocycles. The van der Waals surface area contributed by atoms with Crippen molar-refractivity contribution in [3.8, 4) is 5.75 Å². The molecule has 37 heavy (non-hydrogen) atoms. The lowest BCUT2D eigenvalue weighted by Crippen LogP contribution is -2.39. The van der Waals surface area contributed by atoms with E-state index >= 15 is 0 Å². The van der Waals surface area contributed by atoms with Crippen LogP contribution in [-0.4, -0.2) is 75.2 Å². The summed E-state index contributed by atoms with van der Waals surface area (Å²) in [5.41, 5.74) is 2.23. The minimum absolute atomic E-state index is 0.0845. The van der Waals surface area contributed by atoms with E-state index in [0.717, 1.165) is 44.8 Å². The zero-order valence-electron chi connectivity index (χ0n) is 21.0. The van der Waals surface area contributed by atoms with Crippen molar-refractivity contribution < 1.29 is 23.9 Å². The number of hydrogen-bond acceptors (Lipinski definition) is 6. The molecule has 2 N–H and O–H groups in total. The van der Waals surface area contributed by atoms with E-state index in [1.165, 1.54) is 0 Å². The Morgan fingerprint density at radius 3 is 2.65 bits per heavy atom. The molecule has 2 aliphatic rings. The Morgan fingerprint density at radius 1 is 1.14 bits per heavy atom. The van der Waals surface area contributed by atoms with Crippen LogP contribution in [0.5, 0.6) is 5.75 Å². The number of nitrogens with one attached hydrogen (secondary N) is 2. The van der Waals surface area contributed by atoms with Crippen LogP contribution in [-0.2, 0) is 19.1 Å². The van der Waals surface area contributed by atoms with E-state index in [-0.39, 0.29) is 36.7 Å². The summed E-state index contributed by atoms with van der Waals surface area (Å²) in [7, 11) is 0. The number of carbonyl (C=O) groups excluding carboxylic acids is 3. The van der Waals surface area contributed by atoms with Crippen LogP contribution < -0.4 is 20.3 Å². The molecule has 2 fully saturated rings. The first kappa shape index (κ1) is 26.9. The smallest absolute Gasteiger partial charge is 0.262 e. The molecule has 10 heteroatoms. The molecular formula is C27H33ClN4O5. The van der Waals surface area contributed by atoms with Crippen molar-refractivity contribution >= 4 is 40.7 Å². The number of rotatable bonds is 10. The molecule has 9 nitrogen and oxygen atoms in total. The highest BCUT2D eigenvalue weighted by Gasteiger charge is 2.35. The minimum Gasteiger partial charge on any atom is -0.484 e. The third-order valence-electron chi connectivity index (χ3n) is 6.54. The van der Waals surface area contributed by atoms with E-state index in [2.05, 4.69) is 15.5 Å². The standard InChI is InChI=1S/C27H33ClN4O5/c1-19-3-4-21(28)16-24(19)30-25(33)18-37-23-7-5-22(6-8-23)32-17-20(15-26(32)34)27(35)29-9-2-10-31-11-13-36-14-12-31/h3-8,16,20H,2,9-15,17-18H2,1H3,(H,29,35)(H,30,33)/t20-/m0/s1. The van der Waals surface area contributed by atoms with Gasteiger partial charge in [0.25, 0.3) is 5.91 Å². The molecule has 2 saturated heterocycles. The summed E-state index contributed by atoms with van der Waals surface area (Å²) < 4.78 is 10.9. The first-order chi connectivity index (χ1) is 17.9. The number of halogens is 1. The van der Waals surface area contributed by atoms with Crippen LogP contribution in [0.15, 0.2) is 42.5 Å². The molecular weight excluding hydrogens is 496 g/mol. The fraction of sp³-hybridized carbons (Fsp3) is 0.444. The van der Waals surface area contributed by atoms with Gasteiger partial charge in [0.2, 0.25) is 11.8 Å². The summed E-state index contributed by atoms with van der Waals surface area (Å²) in [5, 5.41) is 6.30. The normalized spacial score (nSPS) is 18.1. The Balaban J connectivity index is 1.20. The third-order valence-corrected chi connectivity index (χ3v) is 6.78. The van der Waals surface area contributed by atoms with Crippen molar-refractivity contribution in [2.45, 2.75) is 19.8 Å². The molecule has 2 aliphatic heterocycles. The van der Waals surface area contributed by atoms with Crippen molar-refractivity contribution in [1.29, 1.82) is 0 Å². The molecule has 0 spiro atoms. The van der Waals surface area contributed by atoms with Gasteiger partial charge in [0.15, 0.2) is 6.61 Å². The van der Waals surface area contributed by atoms with Crippen LogP contribution in [0, 0.1) is 12.8 Å². The first-order valence-electron chi connectivity index (χ1n) is 12.6. The van der Waals surface area contributed by atoms with Crippen LogP contribution >= 0.6 is 11.6 Å². The number of anilines is 2. The van der Waals surface area contributed by atoms with Gasteiger partial charge in [-0.3, -0.25) is 19.3 Å². The summed E-state index contributed by atoms with van der Waals surface area (Å²) in [4.78, 5) is 41.4. The fourth-order valence-electron chi connectivity index (χ4n) is 4.40. The fourth-order valence-corrected chi connectivity index (χ4v) is 4.57. The van der Waals surface area contributed by atoms with E-state index in [1.807, 2.05) is 13.0 Å². The van der Waals surface area contributed by atoms with E-state index in [0.29, 0.717) is 35.2 Å². The molecule has 0 aliphatic carbocycles. The van der Waals surface area contributed by atoms with Gasteiger partial charge in [-0.1, -0.05) is 17.7 Å². The highest BCUT2D eigenvalue weighted by molar-refractivity contribution is 6.31. The summed E-state index contributed by atoms with van der Waals surface area (Å²) >= 11 is 6.00. The average Bonchev–Trinajstić information content (AvgIpc) is 3.30. The van der Waals surface area contributed by atoms with Gasteiger partial charge in [-0.05, 0) is 61.9 Å². The van der Waals surface area contributed by atoms with Crippen LogP contribution in [0.4, 0.5) is 11.4 Å². The second-order valence-electron chi connectivity index (χ2n) is 9.29. The maximum atomic E-state index is 12.6. The molecule has 0 aromatic heterocycles. The third kappa shape index (κ3) is 7.67. The number of amides is 3. The van der Waals surface area contributed by atoms with Gasteiger partial charge in [0.05, 0.1) is 19.1 Å². The molecule has 1 atom stereocenters. The topological polar surface area (TPSA) is 100 Å². The van der Waals surface area contributed by atoms with Crippen molar-refractivity contribution in [2.24, 2.45) is 5.92 Å². The lowest BCUT2D eigenvalue weighted by Gasteiger charge is -2.26. The first-order valence-corrected chi connectivity index (χ1v) is 12.9. The van der Waals surface area contributed by atoms with E-state index in [1.54, 1.807) is 41.3 Å². The molecule has 0 radical (unpaired) electrons. The molecule has 2 aromatic rings. The summed E-state index contributed by atoms with van der Waals surface area (Å²) in [5.74, 6) is -0.339. The van der Waals surface area contributed by atoms with Gasteiger partial charge in [-0.15, -0.1) is 0 Å². The number of aryl methyl sites for hydroxylation is 1. The number of ether oxygens (including phenoxy) is 2. The van der Waals surface area contributed by atoms with Gasteiger partial charge in [0, 0.05) is 49.0 Å². The van der Waals surface area contributed by atoms with Crippen molar-refractivity contribution in [2.75, 3.05) is 62.8 Å². The van der Waals surface area contributed by atoms with Crippen molar-refractivity contribution in [3.05, 3.63) is 53.1 Å². The highest BCUT2D eigenvalue weighted by Crippen LogP contribution is 2.27. The minimum atomic E-state index is -0.370. The summed E-state index contributed by atoms with van der Waals surface area (Å²) in [6, 6.07) is 12.2. The molecule has 4 rings (SSSR count). The Kier molecular flexibility index (Phi) is 9.38. The lowest BCUT2D eigenvalue weighted by molar-refractivity contribution is -0.126. The van der Waals surface area contributed by atoms with Gasteiger partial charge >= 0.3 is 0 Å². The number of hydrogen-bond donors (Lipinski definition) is 2. The van der Waals surface area contributed by atoms with E-state index in [9.17, 15) is 14.4 Å². The summed E-state index contributed by atoms with van der Waals surface area (Å²) in [6.07, 6.45) is 1.06. The van der Waals surface area contributed by atoms with Crippen LogP contribution in [0.1, 0.15) is 18.4 Å². The molecule has 198 valence electrons. The second-order valence-corrected chi connectivity index (χ2v) is 9.73. The van der Waals surface area contributed by atoms with Crippen LogP contribution in [0.3, 0.4) is 0 Å². The van der Waals surface area contributed by atoms with Crippen molar-refractivity contribution in [1.82, 2.24) is 10.2 Å². The lowest BCUT2D eigenvalue weighted by atomic mass is 10.1. The van der Waals surface area contributed by atoms with Gasteiger partial charge in [-0.25, -0.2) is 0 Å². The highest BCUT2D eigenvalue weighted by atomic mass is 35.5. The monoisotopic (exact) mass is 528 g/mol. The maximum absolute atomic E-state index is 12.6. The van der Waals surface area contributed by atoms with Crippen LogP contribution in [0.25, 0.3) is 0 Å². The predicted molar refractivity (Wildman–Crippen MR) is 142 cm³/mol. The molecule has 0 saturated carbocycles. The largest absolute Gasteiger partial charge is 0.484 e. The molecule has 0 bridgehead atoms. The summed E-state index contributed by atoms with van der Waals surface area (Å²) in [6.45, 7) is 6.97. The van der Waals surface area contributed by atoms with Gasteiger partial charge in [-0.2, -0.15) is 0 Å². The van der Waals surface area contributed by atoms with Crippen LogP contribution in [0.2, 0.25) is 5.02 Å². The average molecular weight is 529 g/mol. The van der Waals surface area contributed by atoms with Gasteiger partial charge in [0.1, 0.15) is 5.75 Å². The predicted octanol–water partition coefficient (Wildman–Crippen LogP) is 2.86. The van der Waals surface area contributed by atoms with E-state index < -0.39 is 0 Å². The Hall–Kier alpha value is -3.14. The Morgan fingerprint density at radius 2 is 1.89 bits per heavy atom. The van der Waals surface area contributed by atoms with Crippen molar-refractivity contribution in [3.63, 3.8) is 0 Å². The number of nitrogens with zero attached hydrogens (tertiary/aromatic N) is 2. The zero-order chi connectivity index (χ0) is 26.2. The molecule has 0 unspecified atom stereocenters. The number of carbonyl (C=O) groups is 3. The quantitative estimate of drug-likeness (QED) is 0.460. The van der Waals surface area contributed by atoms with E-state index in [4.69, 9.17) is 21.1 Å². The van der Waals surface area contributed by atoms with Gasteiger partial charge < -0.3 is 25.0 Å². The molecule has 2 heterocycles. The SMILES string of the molecule is Cc1ccc(Cl)cc1NC(=O)COc1ccc(N2C[C@@H](C(=O)NCCCN3CCOCC3)CC2=O)cc1.